The molecule has 4 heteroatoms. The summed E-state index contributed by atoms with van der Waals surface area (Å²) in [5, 5.41) is 4.57. The van der Waals surface area contributed by atoms with Crippen molar-refractivity contribution in [2.45, 2.75) is 39.3 Å². The van der Waals surface area contributed by atoms with Crippen LogP contribution in [0.1, 0.15) is 36.2 Å². The van der Waals surface area contributed by atoms with Crippen LogP contribution in [0, 0.1) is 6.92 Å². The van der Waals surface area contributed by atoms with Gasteiger partial charge in [0.1, 0.15) is 5.01 Å². The summed E-state index contributed by atoms with van der Waals surface area (Å²) in [5.41, 5.74) is 5.67. The van der Waals surface area contributed by atoms with Gasteiger partial charge in [-0.15, -0.1) is 11.3 Å². The Labute approximate surface area is 89.7 Å². The Kier molecular flexibility index (Phi) is 4.51. The maximum atomic E-state index is 5.67. The van der Waals surface area contributed by atoms with Gasteiger partial charge in [0, 0.05) is 17.1 Å². The highest BCUT2D eigenvalue weighted by Crippen LogP contribution is 2.18. The van der Waals surface area contributed by atoms with Gasteiger partial charge in [-0.25, -0.2) is 4.98 Å². The standard InChI is InChI=1S/C10H19N3S/c1-7(11)4-5-12-9(3)10-13-6-8(2)14-10/h6-7,9,12H,4-5,11H2,1-3H3. The topological polar surface area (TPSA) is 50.9 Å². The zero-order valence-corrected chi connectivity index (χ0v) is 9.90. The first-order chi connectivity index (χ1) is 6.59. The summed E-state index contributed by atoms with van der Waals surface area (Å²) in [6, 6.07) is 0.611. The van der Waals surface area contributed by atoms with E-state index in [-0.39, 0.29) is 6.04 Å². The molecular weight excluding hydrogens is 194 g/mol. The first-order valence-electron chi connectivity index (χ1n) is 5.01. The van der Waals surface area contributed by atoms with Crippen molar-refractivity contribution in [1.82, 2.24) is 10.3 Å². The average Bonchev–Trinajstić information content (AvgIpc) is 2.51. The van der Waals surface area contributed by atoms with Gasteiger partial charge in [0.2, 0.25) is 0 Å². The van der Waals surface area contributed by atoms with E-state index < -0.39 is 0 Å². The van der Waals surface area contributed by atoms with Gasteiger partial charge in [0.25, 0.3) is 0 Å². The summed E-state index contributed by atoms with van der Waals surface area (Å²) in [5.74, 6) is 0. The summed E-state index contributed by atoms with van der Waals surface area (Å²) in [7, 11) is 0. The predicted octanol–water partition coefficient (Wildman–Crippen LogP) is 1.84. The Morgan fingerprint density at radius 3 is 2.79 bits per heavy atom. The van der Waals surface area contributed by atoms with Crippen molar-refractivity contribution >= 4 is 11.3 Å². The number of nitrogens with zero attached hydrogens (tertiary/aromatic N) is 1. The van der Waals surface area contributed by atoms with Crippen LogP contribution in [0.15, 0.2) is 6.20 Å². The van der Waals surface area contributed by atoms with Gasteiger partial charge in [0.05, 0.1) is 6.04 Å². The predicted molar refractivity (Wildman–Crippen MR) is 61.5 cm³/mol. The second kappa shape index (κ2) is 5.44. The van der Waals surface area contributed by atoms with Gasteiger partial charge in [0.15, 0.2) is 0 Å². The molecule has 0 saturated heterocycles. The molecule has 0 spiro atoms. The highest BCUT2D eigenvalue weighted by atomic mass is 32.1. The first-order valence-corrected chi connectivity index (χ1v) is 5.82. The second-order valence-corrected chi connectivity index (χ2v) is 5.02. The van der Waals surface area contributed by atoms with E-state index in [1.807, 2.05) is 13.1 Å². The molecule has 0 aliphatic carbocycles. The van der Waals surface area contributed by atoms with E-state index in [0.717, 1.165) is 18.0 Å². The number of rotatable bonds is 5. The molecule has 0 fully saturated rings. The fraction of sp³-hybridized carbons (Fsp3) is 0.700. The lowest BCUT2D eigenvalue weighted by Crippen LogP contribution is -2.25. The van der Waals surface area contributed by atoms with E-state index in [1.165, 1.54) is 4.88 Å². The van der Waals surface area contributed by atoms with E-state index in [9.17, 15) is 0 Å². The fourth-order valence-corrected chi connectivity index (χ4v) is 1.99. The van der Waals surface area contributed by atoms with Crippen LogP contribution in [-0.2, 0) is 0 Å². The van der Waals surface area contributed by atoms with Gasteiger partial charge in [-0.3, -0.25) is 0 Å². The van der Waals surface area contributed by atoms with Crippen molar-refractivity contribution in [2.24, 2.45) is 5.73 Å². The minimum absolute atomic E-state index is 0.271. The van der Waals surface area contributed by atoms with Crippen molar-refractivity contribution in [3.63, 3.8) is 0 Å². The van der Waals surface area contributed by atoms with E-state index in [1.54, 1.807) is 11.3 Å². The molecule has 2 atom stereocenters. The molecule has 0 bridgehead atoms. The molecule has 0 radical (unpaired) electrons. The number of nitrogens with one attached hydrogen (secondary N) is 1. The minimum atomic E-state index is 0.271. The van der Waals surface area contributed by atoms with Crippen molar-refractivity contribution in [3.8, 4) is 0 Å². The van der Waals surface area contributed by atoms with E-state index in [2.05, 4.69) is 24.1 Å². The molecule has 0 aliphatic rings. The van der Waals surface area contributed by atoms with Gasteiger partial charge in [-0.2, -0.15) is 0 Å². The Bertz CT molecular complexity index is 270. The van der Waals surface area contributed by atoms with Gasteiger partial charge in [-0.05, 0) is 33.7 Å². The van der Waals surface area contributed by atoms with Crippen molar-refractivity contribution in [3.05, 3.63) is 16.1 Å². The van der Waals surface area contributed by atoms with Gasteiger partial charge < -0.3 is 11.1 Å². The lowest BCUT2D eigenvalue weighted by molar-refractivity contribution is 0.527. The highest BCUT2D eigenvalue weighted by molar-refractivity contribution is 7.11. The number of thiazole rings is 1. The highest BCUT2D eigenvalue weighted by Gasteiger charge is 2.08. The Morgan fingerprint density at radius 2 is 2.29 bits per heavy atom. The molecule has 14 heavy (non-hydrogen) atoms. The third-order valence-corrected chi connectivity index (χ3v) is 3.16. The number of hydrogen-bond acceptors (Lipinski definition) is 4. The van der Waals surface area contributed by atoms with Crippen LogP contribution >= 0.6 is 11.3 Å². The number of hydrogen-bond donors (Lipinski definition) is 2. The molecule has 3 nitrogen and oxygen atoms in total. The molecule has 1 rings (SSSR count). The number of aryl methyl sites for hydroxylation is 1. The Balaban J connectivity index is 2.32. The fourth-order valence-electron chi connectivity index (χ4n) is 1.19. The van der Waals surface area contributed by atoms with E-state index in [4.69, 9.17) is 5.73 Å². The normalized spacial score (nSPS) is 15.4. The van der Waals surface area contributed by atoms with Gasteiger partial charge >= 0.3 is 0 Å². The quantitative estimate of drug-likeness (QED) is 0.784. The third kappa shape index (κ3) is 3.74. The summed E-state index contributed by atoms with van der Waals surface area (Å²) in [6.45, 7) is 7.20. The maximum Gasteiger partial charge on any atom is 0.109 e. The molecule has 0 aliphatic heterocycles. The largest absolute Gasteiger partial charge is 0.328 e. The second-order valence-electron chi connectivity index (χ2n) is 3.75. The summed E-state index contributed by atoms with van der Waals surface area (Å²) < 4.78 is 0. The van der Waals surface area contributed by atoms with Crippen molar-refractivity contribution in [1.29, 1.82) is 0 Å². The lowest BCUT2D eigenvalue weighted by atomic mass is 10.2. The number of nitrogens with two attached hydrogens (primary N) is 1. The van der Waals surface area contributed by atoms with Crippen LogP contribution in [0.25, 0.3) is 0 Å². The van der Waals surface area contributed by atoms with Crippen LogP contribution in [0.5, 0.6) is 0 Å². The van der Waals surface area contributed by atoms with E-state index in [0.29, 0.717) is 6.04 Å². The molecule has 80 valence electrons. The zero-order valence-electron chi connectivity index (χ0n) is 9.08. The van der Waals surface area contributed by atoms with Crippen LogP contribution < -0.4 is 11.1 Å². The first kappa shape index (κ1) is 11.6. The maximum absolute atomic E-state index is 5.67. The number of aromatic nitrogens is 1. The van der Waals surface area contributed by atoms with Crippen LogP contribution in [0.3, 0.4) is 0 Å². The molecule has 0 amide bonds. The SMILES string of the molecule is Cc1cnc(C(C)NCCC(C)N)s1. The minimum Gasteiger partial charge on any atom is -0.328 e. The molecule has 1 heterocycles. The van der Waals surface area contributed by atoms with Gasteiger partial charge in [-0.1, -0.05) is 0 Å². The monoisotopic (exact) mass is 213 g/mol. The molecule has 0 aromatic carbocycles. The molecule has 1 aromatic heterocycles. The average molecular weight is 213 g/mol. The van der Waals surface area contributed by atoms with Crippen molar-refractivity contribution in [2.75, 3.05) is 6.54 Å². The summed E-state index contributed by atoms with van der Waals surface area (Å²) in [6.07, 6.45) is 2.93. The van der Waals surface area contributed by atoms with Crippen LogP contribution in [-0.4, -0.2) is 17.6 Å². The summed E-state index contributed by atoms with van der Waals surface area (Å²) in [4.78, 5) is 5.60. The smallest absolute Gasteiger partial charge is 0.109 e. The zero-order chi connectivity index (χ0) is 10.6. The van der Waals surface area contributed by atoms with Crippen LogP contribution in [0.4, 0.5) is 0 Å². The molecular formula is C10H19N3S. The summed E-state index contributed by atoms with van der Waals surface area (Å²) >= 11 is 1.75. The molecule has 1 aromatic rings. The molecule has 3 N–H and O–H groups in total. The molecule has 0 saturated carbocycles. The van der Waals surface area contributed by atoms with Crippen molar-refractivity contribution < 1.29 is 0 Å². The molecule has 2 unspecified atom stereocenters. The van der Waals surface area contributed by atoms with E-state index >= 15 is 0 Å². The van der Waals surface area contributed by atoms with Crippen LogP contribution in [0.2, 0.25) is 0 Å². The Hall–Kier alpha value is -0.450. The Morgan fingerprint density at radius 1 is 1.57 bits per heavy atom. The lowest BCUT2D eigenvalue weighted by Gasteiger charge is -2.11. The third-order valence-electron chi connectivity index (χ3n) is 2.06.